The smallest absolute Gasteiger partial charge is 0.0690 e. The molecule has 0 spiro atoms. The topological polar surface area (TPSA) is 54.7 Å². The van der Waals surface area contributed by atoms with E-state index in [0.29, 0.717) is 5.70 Å². The van der Waals surface area contributed by atoms with E-state index in [2.05, 4.69) is 16.8 Å². The fourth-order valence-electron chi connectivity index (χ4n) is 1.13. The maximum Gasteiger partial charge on any atom is 0.0690 e. The lowest BCUT2D eigenvalue weighted by atomic mass is 10.2. The lowest BCUT2D eigenvalue weighted by molar-refractivity contribution is 1.03. The third-order valence-corrected chi connectivity index (χ3v) is 1.66. The number of hydrogen-bond acceptors (Lipinski definition) is 2. The van der Waals surface area contributed by atoms with Crippen LogP contribution in [0.2, 0.25) is 0 Å². The van der Waals surface area contributed by atoms with E-state index in [-0.39, 0.29) is 0 Å². The highest BCUT2D eigenvalue weighted by Crippen LogP contribution is 1.84. The molecule has 1 rings (SSSR count). The van der Waals surface area contributed by atoms with Gasteiger partial charge >= 0.3 is 0 Å². The molecule has 12 heavy (non-hydrogen) atoms. The Labute approximate surface area is 71.3 Å². The van der Waals surface area contributed by atoms with Crippen molar-refractivity contribution >= 4 is 12.3 Å². The normalized spacial score (nSPS) is 13.8. The highest BCUT2D eigenvalue weighted by Gasteiger charge is 1.95. The molecule has 3 nitrogen and oxygen atoms in total. The van der Waals surface area contributed by atoms with E-state index in [1.807, 2.05) is 26.0 Å². The number of aryl methyl sites for hydroxylation is 1. The molecule has 3 N–H and O–H groups in total. The van der Waals surface area contributed by atoms with Crippen molar-refractivity contribution < 1.29 is 0 Å². The van der Waals surface area contributed by atoms with Crippen LogP contribution in [0.4, 0.5) is 0 Å². The molecule has 0 aliphatic carbocycles. The minimum absolute atomic E-state index is 0.703. The van der Waals surface area contributed by atoms with Crippen LogP contribution in [-0.4, -0.2) is 10.2 Å². The summed E-state index contributed by atoms with van der Waals surface area (Å²) in [4.78, 5) is 0. The Kier molecular flexibility index (Phi) is 2.33. The van der Waals surface area contributed by atoms with E-state index in [9.17, 15) is 0 Å². The van der Waals surface area contributed by atoms with Crippen LogP contribution in [0.3, 0.4) is 0 Å². The molecule has 0 radical (unpaired) electrons. The Balaban J connectivity index is 3.53. The highest BCUT2D eigenvalue weighted by molar-refractivity contribution is 5.53. The molecule has 0 unspecified atom stereocenters. The average Bonchev–Trinajstić information content (AvgIpc) is 2.32. The van der Waals surface area contributed by atoms with Crippen LogP contribution < -0.4 is 16.3 Å². The van der Waals surface area contributed by atoms with Gasteiger partial charge in [-0.2, -0.15) is 5.10 Å². The molecule has 1 heterocycles. The van der Waals surface area contributed by atoms with Crippen LogP contribution in [0.15, 0.2) is 12.2 Å². The van der Waals surface area contributed by atoms with E-state index in [1.54, 1.807) is 0 Å². The number of rotatable bonds is 1. The maximum absolute atomic E-state index is 5.78. The van der Waals surface area contributed by atoms with Crippen LogP contribution in [0, 0.1) is 6.92 Å². The number of H-pyrrole nitrogens is 1. The molecule has 0 saturated carbocycles. The van der Waals surface area contributed by atoms with Gasteiger partial charge in [-0.25, -0.2) is 0 Å². The molecule has 0 bridgehead atoms. The molecule has 0 saturated heterocycles. The number of nitrogens with two attached hydrogens (primary N) is 1. The fraction of sp³-hybridized carbons (Fsp3) is 0.222. The van der Waals surface area contributed by atoms with E-state index >= 15 is 0 Å². The van der Waals surface area contributed by atoms with Crippen molar-refractivity contribution in [1.29, 1.82) is 0 Å². The predicted octanol–water partition coefficient (Wildman–Crippen LogP) is -0.229. The summed E-state index contributed by atoms with van der Waals surface area (Å²) in [5.74, 6) is 0. The number of hydrogen-bond donors (Lipinski definition) is 2. The van der Waals surface area contributed by atoms with Gasteiger partial charge in [0.15, 0.2) is 0 Å². The number of allylic oxidation sites excluding steroid dienone is 1. The summed E-state index contributed by atoms with van der Waals surface area (Å²) in [7, 11) is 0. The third-order valence-electron chi connectivity index (χ3n) is 1.66. The van der Waals surface area contributed by atoms with Gasteiger partial charge in [0.2, 0.25) is 0 Å². The Morgan fingerprint density at radius 2 is 2.33 bits per heavy atom. The zero-order valence-corrected chi connectivity index (χ0v) is 7.39. The van der Waals surface area contributed by atoms with Gasteiger partial charge in [-0.05, 0) is 19.9 Å². The molecule has 3 heteroatoms. The summed E-state index contributed by atoms with van der Waals surface area (Å²) in [6.07, 6.45) is 3.73. The molecule has 0 fully saturated rings. The predicted molar refractivity (Wildman–Crippen MR) is 50.5 cm³/mol. The van der Waals surface area contributed by atoms with Crippen molar-refractivity contribution in [3.05, 3.63) is 28.4 Å². The summed E-state index contributed by atoms with van der Waals surface area (Å²) >= 11 is 0. The van der Waals surface area contributed by atoms with Crippen molar-refractivity contribution in [2.45, 2.75) is 13.8 Å². The van der Waals surface area contributed by atoms with Crippen LogP contribution >= 0.6 is 0 Å². The standard InChI is InChI=1S/C9H13N3/c1-4-5-8(10)9-6(2)11-12-7(9)3/h4-5,11H,2,10H2,1,3H3/b5-4-,9-8-. The second kappa shape index (κ2) is 3.26. The monoisotopic (exact) mass is 163 g/mol. The van der Waals surface area contributed by atoms with Crippen molar-refractivity contribution in [2.75, 3.05) is 0 Å². The van der Waals surface area contributed by atoms with E-state index in [0.717, 1.165) is 16.3 Å². The molecule has 0 amide bonds. The lowest BCUT2D eigenvalue weighted by Gasteiger charge is -1.89. The first kappa shape index (κ1) is 8.59. The molecular formula is C9H13N3. The highest BCUT2D eigenvalue weighted by atomic mass is 15.1. The van der Waals surface area contributed by atoms with Gasteiger partial charge in [0.1, 0.15) is 0 Å². The van der Waals surface area contributed by atoms with Gasteiger partial charge < -0.3 is 5.73 Å². The molecule has 0 aliphatic heterocycles. The van der Waals surface area contributed by atoms with Gasteiger partial charge in [0.25, 0.3) is 0 Å². The van der Waals surface area contributed by atoms with Crippen molar-refractivity contribution in [3.8, 4) is 0 Å². The summed E-state index contributed by atoms with van der Waals surface area (Å²) in [6.45, 7) is 7.61. The van der Waals surface area contributed by atoms with Crippen LogP contribution in [0.25, 0.3) is 12.3 Å². The van der Waals surface area contributed by atoms with E-state index < -0.39 is 0 Å². The zero-order valence-electron chi connectivity index (χ0n) is 7.39. The second-order valence-electron chi connectivity index (χ2n) is 2.62. The largest absolute Gasteiger partial charge is 0.398 e. The summed E-state index contributed by atoms with van der Waals surface area (Å²) < 4.78 is 0. The molecular weight excluding hydrogens is 150 g/mol. The third kappa shape index (κ3) is 1.39. The number of aromatic nitrogens is 2. The molecule has 0 atom stereocenters. The second-order valence-corrected chi connectivity index (χ2v) is 2.62. The Hall–Kier alpha value is -1.51. The Bertz CT molecular complexity index is 398. The van der Waals surface area contributed by atoms with Crippen LogP contribution in [-0.2, 0) is 0 Å². The summed E-state index contributed by atoms with van der Waals surface area (Å²) in [5, 5.41) is 8.45. The molecule has 0 aliphatic rings. The minimum atomic E-state index is 0.703. The van der Waals surface area contributed by atoms with Gasteiger partial charge in [0, 0.05) is 10.9 Å². The van der Waals surface area contributed by atoms with Crippen molar-refractivity contribution in [1.82, 2.24) is 10.2 Å². The summed E-state index contributed by atoms with van der Waals surface area (Å²) in [6, 6.07) is 0. The number of aromatic amines is 1. The lowest BCUT2D eigenvalue weighted by Crippen LogP contribution is -2.27. The quantitative estimate of drug-likeness (QED) is 0.601. The van der Waals surface area contributed by atoms with Gasteiger partial charge in [0.05, 0.1) is 11.0 Å². The Morgan fingerprint density at radius 1 is 1.67 bits per heavy atom. The average molecular weight is 163 g/mol. The first-order chi connectivity index (χ1) is 5.66. The van der Waals surface area contributed by atoms with Crippen molar-refractivity contribution in [3.63, 3.8) is 0 Å². The number of nitrogens with zero attached hydrogens (tertiary/aromatic N) is 1. The summed E-state index contributed by atoms with van der Waals surface area (Å²) in [5.41, 5.74) is 7.37. The molecule has 0 aromatic carbocycles. The maximum atomic E-state index is 5.78. The van der Waals surface area contributed by atoms with E-state index in [1.165, 1.54) is 0 Å². The van der Waals surface area contributed by atoms with Crippen LogP contribution in [0.5, 0.6) is 0 Å². The number of nitrogens with one attached hydrogen (secondary N) is 1. The molecule has 1 aromatic heterocycles. The van der Waals surface area contributed by atoms with Gasteiger partial charge in [-0.3, -0.25) is 5.10 Å². The van der Waals surface area contributed by atoms with Gasteiger partial charge in [-0.1, -0.05) is 12.7 Å². The SMILES string of the molecule is C=c1[nH]nc(C)/c1=C(N)/C=C\C. The minimum Gasteiger partial charge on any atom is -0.398 e. The van der Waals surface area contributed by atoms with Gasteiger partial charge in [-0.15, -0.1) is 0 Å². The zero-order chi connectivity index (χ0) is 9.14. The first-order valence-electron chi connectivity index (χ1n) is 3.79. The van der Waals surface area contributed by atoms with Crippen molar-refractivity contribution in [2.24, 2.45) is 5.73 Å². The van der Waals surface area contributed by atoms with E-state index in [4.69, 9.17) is 5.73 Å². The van der Waals surface area contributed by atoms with Crippen LogP contribution in [0.1, 0.15) is 12.6 Å². The molecule has 64 valence electrons. The first-order valence-corrected chi connectivity index (χ1v) is 3.79. The fourth-order valence-corrected chi connectivity index (χ4v) is 1.13. The Morgan fingerprint density at radius 3 is 2.75 bits per heavy atom. The molecule has 1 aromatic rings.